The molecule has 0 saturated carbocycles. The van der Waals surface area contributed by atoms with Gasteiger partial charge in [-0.25, -0.2) is 4.79 Å². The van der Waals surface area contributed by atoms with Crippen molar-refractivity contribution in [3.05, 3.63) is 24.3 Å². The molecular weight excluding hydrogens is 378 g/mol. The van der Waals surface area contributed by atoms with Crippen molar-refractivity contribution >= 4 is 29.4 Å². The molecule has 2 aromatic rings. The van der Waals surface area contributed by atoms with E-state index in [1.165, 1.54) is 4.80 Å². The van der Waals surface area contributed by atoms with Crippen molar-refractivity contribution in [3.8, 4) is 11.4 Å². The number of aromatic nitrogens is 4. The maximum atomic E-state index is 12.3. The van der Waals surface area contributed by atoms with Crippen LogP contribution in [0.1, 0.15) is 25.7 Å². The van der Waals surface area contributed by atoms with E-state index in [1.54, 1.807) is 7.05 Å². The minimum absolute atomic E-state index is 0.00274. The van der Waals surface area contributed by atoms with Gasteiger partial charge in [0.2, 0.25) is 11.7 Å². The molecule has 0 radical (unpaired) electrons. The summed E-state index contributed by atoms with van der Waals surface area (Å²) in [5.74, 6) is 1.49. The lowest BCUT2D eigenvalue weighted by atomic mass is 10.0. The second-order valence-corrected chi connectivity index (χ2v) is 8.37. The highest BCUT2D eigenvalue weighted by atomic mass is 32.2. The van der Waals surface area contributed by atoms with Gasteiger partial charge in [0.1, 0.15) is 0 Å². The smallest absolute Gasteiger partial charge is 0.315 e. The van der Waals surface area contributed by atoms with Crippen molar-refractivity contribution in [2.75, 3.05) is 11.1 Å². The van der Waals surface area contributed by atoms with Crippen molar-refractivity contribution in [2.24, 2.45) is 7.05 Å². The number of hydrogen-bond donors (Lipinski definition) is 3. The summed E-state index contributed by atoms with van der Waals surface area (Å²) in [7, 11) is 1.71. The molecular formula is C18H23N7O2S. The number of aryl methyl sites for hydroxylation is 1. The van der Waals surface area contributed by atoms with Gasteiger partial charge in [-0.15, -0.1) is 10.2 Å². The highest BCUT2D eigenvalue weighted by molar-refractivity contribution is 8.00. The molecule has 3 atom stereocenters. The number of nitrogens with zero attached hydrogens (tertiary/aromatic N) is 4. The zero-order valence-electron chi connectivity index (χ0n) is 15.6. The lowest BCUT2D eigenvalue weighted by molar-refractivity contribution is -0.116. The molecule has 2 aliphatic heterocycles. The number of carbonyl (C=O) groups excluding carboxylic acids is 2. The standard InChI is InChI=1S/C18H23N7O2S/c1-25-23-17(22-24-25)11-5-4-6-12(9-11)19-15(26)8-3-2-7-14-16-13(10-28-14)20-18(27)21-16/h4-6,9,13-14,16H,2-3,7-8,10H2,1H3,(H,19,26)(H2,20,21,27)/t13?,14-,16-/m0/s1. The van der Waals surface area contributed by atoms with Crippen LogP contribution in [-0.4, -0.2) is 55.2 Å². The third-order valence-corrected chi connectivity index (χ3v) is 6.50. The normalized spacial score (nSPS) is 23.2. The lowest BCUT2D eigenvalue weighted by Gasteiger charge is -2.16. The number of rotatable bonds is 7. The van der Waals surface area contributed by atoms with E-state index in [-0.39, 0.29) is 24.0 Å². The van der Waals surface area contributed by atoms with Gasteiger partial charge in [-0.1, -0.05) is 18.6 Å². The first-order valence-electron chi connectivity index (χ1n) is 9.41. The number of benzene rings is 1. The Balaban J connectivity index is 1.21. The fourth-order valence-corrected chi connectivity index (χ4v) is 5.18. The van der Waals surface area contributed by atoms with Crippen LogP contribution in [0, 0.1) is 0 Å². The van der Waals surface area contributed by atoms with Gasteiger partial charge in [0, 0.05) is 28.7 Å². The quantitative estimate of drug-likeness (QED) is 0.479. The molecule has 0 spiro atoms. The molecule has 10 heteroatoms. The molecule has 2 fully saturated rings. The van der Waals surface area contributed by atoms with Crippen LogP contribution in [0.3, 0.4) is 0 Å². The van der Waals surface area contributed by atoms with Crippen LogP contribution in [0.4, 0.5) is 10.5 Å². The van der Waals surface area contributed by atoms with E-state index in [0.29, 0.717) is 17.5 Å². The zero-order chi connectivity index (χ0) is 19.5. The molecule has 2 saturated heterocycles. The number of tetrazole rings is 1. The predicted octanol–water partition coefficient (Wildman–Crippen LogP) is 1.54. The zero-order valence-corrected chi connectivity index (χ0v) is 16.4. The number of carbonyl (C=O) groups is 2. The second-order valence-electron chi connectivity index (χ2n) is 7.10. The number of hydrogen-bond acceptors (Lipinski definition) is 6. The monoisotopic (exact) mass is 401 g/mol. The van der Waals surface area contributed by atoms with E-state index < -0.39 is 0 Å². The summed E-state index contributed by atoms with van der Waals surface area (Å²) in [4.78, 5) is 25.1. The summed E-state index contributed by atoms with van der Waals surface area (Å²) in [6, 6.07) is 7.86. The Morgan fingerprint density at radius 3 is 3.07 bits per heavy atom. The number of nitrogens with one attached hydrogen (secondary N) is 3. The van der Waals surface area contributed by atoms with Crippen LogP contribution < -0.4 is 16.0 Å². The van der Waals surface area contributed by atoms with Gasteiger partial charge < -0.3 is 16.0 Å². The average Bonchev–Trinajstić information content (AvgIpc) is 3.35. The van der Waals surface area contributed by atoms with Gasteiger partial charge in [0.15, 0.2) is 0 Å². The van der Waals surface area contributed by atoms with Crippen molar-refractivity contribution in [1.29, 1.82) is 0 Å². The van der Waals surface area contributed by atoms with E-state index in [0.717, 1.165) is 36.3 Å². The van der Waals surface area contributed by atoms with Crippen LogP contribution >= 0.6 is 11.8 Å². The molecule has 1 aromatic carbocycles. The fourth-order valence-electron chi connectivity index (χ4n) is 3.63. The first kappa shape index (κ1) is 18.7. The van der Waals surface area contributed by atoms with E-state index in [9.17, 15) is 9.59 Å². The number of unbranched alkanes of at least 4 members (excludes halogenated alkanes) is 1. The minimum atomic E-state index is -0.0569. The molecule has 0 aliphatic carbocycles. The molecule has 1 unspecified atom stereocenters. The Kier molecular flexibility index (Phi) is 5.47. The van der Waals surface area contributed by atoms with E-state index in [4.69, 9.17) is 0 Å². The summed E-state index contributed by atoms with van der Waals surface area (Å²) >= 11 is 1.90. The highest BCUT2D eigenvalue weighted by Crippen LogP contribution is 2.33. The largest absolute Gasteiger partial charge is 0.332 e. The Morgan fingerprint density at radius 1 is 1.36 bits per heavy atom. The number of thioether (sulfide) groups is 1. The third kappa shape index (κ3) is 4.27. The fraction of sp³-hybridized carbons (Fsp3) is 0.500. The van der Waals surface area contributed by atoms with Gasteiger partial charge in [-0.05, 0) is 30.2 Å². The second kappa shape index (κ2) is 8.17. The minimum Gasteiger partial charge on any atom is -0.332 e. The summed E-state index contributed by atoms with van der Waals surface area (Å²) < 4.78 is 0. The van der Waals surface area contributed by atoms with Crippen LogP contribution in [0.2, 0.25) is 0 Å². The molecule has 3 heterocycles. The Labute approximate surface area is 167 Å². The summed E-state index contributed by atoms with van der Waals surface area (Å²) in [6.45, 7) is 0. The summed E-state index contributed by atoms with van der Waals surface area (Å²) in [5.41, 5.74) is 1.54. The average molecular weight is 401 g/mol. The number of anilines is 1. The van der Waals surface area contributed by atoms with Crippen LogP contribution in [-0.2, 0) is 11.8 Å². The Morgan fingerprint density at radius 2 is 2.25 bits per heavy atom. The summed E-state index contributed by atoms with van der Waals surface area (Å²) in [5, 5.41) is 21.3. The van der Waals surface area contributed by atoms with Gasteiger partial charge in [-0.2, -0.15) is 16.6 Å². The Bertz CT molecular complexity index is 871. The van der Waals surface area contributed by atoms with Crippen molar-refractivity contribution in [1.82, 2.24) is 30.8 Å². The number of amides is 3. The van der Waals surface area contributed by atoms with Crippen molar-refractivity contribution in [3.63, 3.8) is 0 Å². The number of fused-ring (bicyclic) bond motifs is 1. The molecule has 4 rings (SSSR count). The molecule has 3 amide bonds. The maximum Gasteiger partial charge on any atom is 0.315 e. The van der Waals surface area contributed by atoms with Crippen molar-refractivity contribution in [2.45, 2.75) is 43.0 Å². The molecule has 3 N–H and O–H groups in total. The highest BCUT2D eigenvalue weighted by Gasteiger charge is 2.42. The molecule has 0 bridgehead atoms. The van der Waals surface area contributed by atoms with E-state index in [2.05, 4.69) is 31.4 Å². The molecule has 1 aromatic heterocycles. The first-order valence-corrected chi connectivity index (χ1v) is 10.5. The molecule has 148 valence electrons. The van der Waals surface area contributed by atoms with Gasteiger partial charge in [0.05, 0.1) is 19.1 Å². The van der Waals surface area contributed by atoms with Gasteiger partial charge in [-0.3, -0.25) is 4.79 Å². The van der Waals surface area contributed by atoms with Crippen LogP contribution in [0.25, 0.3) is 11.4 Å². The third-order valence-electron chi connectivity index (χ3n) is 4.99. The lowest BCUT2D eigenvalue weighted by Crippen LogP contribution is -2.36. The van der Waals surface area contributed by atoms with Crippen molar-refractivity contribution < 1.29 is 9.59 Å². The SMILES string of the molecule is Cn1nnc(-c2cccc(NC(=O)CCCC[C@@H]3SCC4NC(=O)N[C@@H]43)c2)n1. The van der Waals surface area contributed by atoms with Gasteiger partial charge in [0.25, 0.3) is 0 Å². The molecule has 9 nitrogen and oxygen atoms in total. The maximum absolute atomic E-state index is 12.3. The Hall–Kier alpha value is -2.62. The van der Waals surface area contributed by atoms with E-state index in [1.807, 2.05) is 36.0 Å². The molecule has 2 aliphatic rings. The van der Waals surface area contributed by atoms with Crippen LogP contribution in [0.5, 0.6) is 0 Å². The topological polar surface area (TPSA) is 114 Å². The first-order chi connectivity index (χ1) is 13.6. The van der Waals surface area contributed by atoms with E-state index >= 15 is 0 Å². The van der Waals surface area contributed by atoms with Crippen LogP contribution in [0.15, 0.2) is 24.3 Å². The summed E-state index contributed by atoms with van der Waals surface area (Å²) in [6.07, 6.45) is 3.28. The molecule has 28 heavy (non-hydrogen) atoms. The van der Waals surface area contributed by atoms with Gasteiger partial charge >= 0.3 is 6.03 Å². The number of urea groups is 1. The predicted molar refractivity (Wildman–Crippen MR) is 107 cm³/mol.